The summed E-state index contributed by atoms with van der Waals surface area (Å²) < 4.78 is 0. The Kier molecular flexibility index (Phi) is 19.4. The summed E-state index contributed by atoms with van der Waals surface area (Å²) in [5.74, 6) is 0. The molecule has 2 aliphatic carbocycles. The molecule has 0 fully saturated rings. The minimum Gasteiger partial charge on any atom is -1.00 e. The van der Waals surface area contributed by atoms with Crippen molar-refractivity contribution in [2.45, 2.75) is 32.4 Å². The first-order valence-electron chi connectivity index (χ1n) is 5.88. The maximum atomic E-state index is 8.76. The van der Waals surface area contributed by atoms with Gasteiger partial charge >= 0.3 is 26.2 Å². The summed E-state index contributed by atoms with van der Waals surface area (Å²) in [6.45, 7) is 4.88. The smallest absolute Gasteiger partial charge is 1.00 e. The minimum atomic E-state index is -0.686. The van der Waals surface area contributed by atoms with E-state index in [-0.39, 0.29) is 57.6 Å². The van der Waals surface area contributed by atoms with Gasteiger partial charge in [0.2, 0.25) is 0 Å². The van der Waals surface area contributed by atoms with Gasteiger partial charge in [0.1, 0.15) is 0 Å². The van der Waals surface area contributed by atoms with Crippen molar-refractivity contribution in [3.8, 4) is 0 Å². The van der Waals surface area contributed by atoms with Gasteiger partial charge in [-0.25, -0.2) is 17.3 Å². The number of allylic oxidation sites excluding steroid dienone is 7. The molecule has 0 aromatic heterocycles. The van der Waals surface area contributed by atoms with Gasteiger partial charge < -0.3 is 29.9 Å². The molecule has 104 valence electrons. The Morgan fingerprint density at radius 1 is 1.26 bits per heavy atom. The number of hydrogen-bond donors (Lipinski definition) is 1. The van der Waals surface area contributed by atoms with E-state index in [2.05, 4.69) is 37.4 Å². The molecule has 5 heteroatoms. The van der Waals surface area contributed by atoms with E-state index in [4.69, 9.17) is 5.11 Å². The zero-order chi connectivity index (χ0) is 11.8. The van der Waals surface area contributed by atoms with Crippen molar-refractivity contribution in [2.75, 3.05) is 6.61 Å². The summed E-state index contributed by atoms with van der Waals surface area (Å²) in [6, 6.07) is 0. The number of hydrogen-bond acceptors (Lipinski definition) is 1. The molecular formula is C14H20Cl2OSiZr. The molecule has 0 saturated heterocycles. The van der Waals surface area contributed by atoms with Crippen LogP contribution < -0.4 is 24.8 Å². The molecule has 19 heavy (non-hydrogen) atoms. The Morgan fingerprint density at radius 2 is 1.95 bits per heavy atom. The number of halogens is 2. The van der Waals surface area contributed by atoms with Gasteiger partial charge in [-0.05, 0) is 0 Å². The van der Waals surface area contributed by atoms with Crippen molar-refractivity contribution >= 4 is 8.80 Å². The second kappa shape index (κ2) is 15.0. The number of rotatable bonds is 3. The van der Waals surface area contributed by atoms with Crippen molar-refractivity contribution in [2.24, 2.45) is 0 Å². The van der Waals surface area contributed by atoms with Crippen LogP contribution in [0.5, 0.6) is 0 Å². The average Bonchev–Trinajstić information content (AvgIpc) is 2.91. The Labute approximate surface area is 150 Å². The van der Waals surface area contributed by atoms with E-state index in [1.54, 1.807) is 0 Å². The summed E-state index contributed by atoms with van der Waals surface area (Å²) in [5, 5.41) is 10.2. The summed E-state index contributed by atoms with van der Waals surface area (Å²) >= 11 is 0. The third-order valence-corrected chi connectivity index (χ3v) is 4.26. The van der Waals surface area contributed by atoms with Crippen LogP contribution in [0.3, 0.4) is 0 Å². The molecule has 0 aromatic rings. The van der Waals surface area contributed by atoms with Crippen LogP contribution in [0.4, 0.5) is 0 Å². The molecule has 0 amide bonds. The van der Waals surface area contributed by atoms with Gasteiger partial charge in [0, 0.05) is 15.4 Å². The first kappa shape index (κ1) is 24.6. The molecule has 0 aliphatic heterocycles. The minimum absolute atomic E-state index is 0. The van der Waals surface area contributed by atoms with Crippen LogP contribution in [0, 0.1) is 12.2 Å². The molecule has 0 heterocycles. The molecule has 0 radical (unpaired) electrons. The van der Waals surface area contributed by atoms with E-state index < -0.39 is 8.80 Å². The van der Waals surface area contributed by atoms with Crippen LogP contribution in [-0.4, -0.2) is 20.5 Å². The van der Waals surface area contributed by atoms with Crippen molar-refractivity contribution < 1.29 is 56.1 Å². The second-order valence-electron chi connectivity index (χ2n) is 4.16. The fraction of sp³-hybridized carbons (Fsp3) is 0.429. The Bertz CT molecular complexity index is 326. The van der Waals surface area contributed by atoms with Crippen LogP contribution in [0.25, 0.3) is 0 Å². The monoisotopic (exact) mass is 392 g/mol. The number of aliphatic hydroxyl groups excluding tert-OH is 1. The van der Waals surface area contributed by atoms with Crippen molar-refractivity contribution in [1.82, 2.24) is 0 Å². The summed E-state index contributed by atoms with van der Waals surface area (Å²) in [4.78, 5) is 0. The molecule has 2 rings (SSSR count). The maximum absolute atomic E-state index is 8.76. The normalized spacial score (nSPS) is 14.5. The maximum Gasteiger partial charge on any atom is 4.00 e. The molecule has 1 N–H and O–H groups in total. The third-order valence-electron chi connectivity index (χ3n) is 2.53. The van der Waals surface area contributed by atoms with E-state index in [0.29, 0.717) is 0 Å². The average molecular weight is 395 g/mol. The van der Waals surface area contributed by atoms with Crippen molar-refractivity contribution in [3.63, 3.8) is 0 Å². The standard InChI is InChI=1S/C9H15OSi.C5H5.2ClH.Zr/c1-11(2)9-5-3-4-8(9)6-7-10;1-2-4-5-3-1;;;/h4,10-11H,3,6-7H2,1-2H3;1-3H,4H2;2*1H;/q2*-1;;;+4/p-2. The quantitative estimate of drug-likeness (QED) is 0.394. The first-order chi connectivity index (χ1) is 7.75. The molecule has 2 aliphatic rings. The van der Waals surface area contributed by atoms with Gasteiger partial charge in [-0.3, -0.25) is 12.2 Å². The van der Waals surface area contributed by atoms with Gasteiger partial charge in [0.15, 0.2) is 0 Å². The van der Waals surface area contributed by atoms with Gasteiger partial charge in [-0.1, -0.05) is 19.5 Å². The summed E-state index contributed by atoms with van der Waals surface area (Å²) in [5.41, 5.74) is 1.36. The molecule has 0 saturated carbocycles. The van der Waals surface area contributed by atoms with E-state index in [1.807, 2.05) is 12.2 Å². The Hall–Kier alpha value is 0.600. The molecule has 0 spiro atoms. The van der Waals surface area contributed by atoms with Gasteiger partial charge in [-0.2, -0.15) is 17.7 Å². The van der Waals surface area contributed by atoms with Gasteiger partial charge in [-0.15, -0.1) is 12.8 Å². The van der Waals surface area contributed by atoms with E-state index in [0.717, 1.165) is 19.3 Å². The Balaban J connectivity index is -0.000000277. The second-order valence-corrected chi connectivity index (χ2v) is 7.04. The van der Waals surface area contributed by atoms with Crippen LogP contribution in [0.1, 0.15) is 19.3 Å². The molecule has 0 unspecified atom stereocenters. The molecule has 0 atom stereocenters. The fourth-order valence-corrected chi connectivity index (χ4v) is 3.31. The molecule has 1 nitrogen and oxygen atoms in total. The zero-order valence-corrected chi connectivity index (χ0v) is 16.5. The van der Waals surface area contributed by atoms with E-state index in [1.165, 1.54) is 10.8 Å². The van der Waals surface area contributed by atoms with Crippen molar-refractivity contribution in [1.29, 1.82) is 0 Å². The first-order valence-corrected chi connectivity index (χ1v) is 8.77. The van der Waals surface area contributed by atoms with Crippen LogP contribution in [0.2, 0.25) is 13.1 Å². The molecule has 0 aromatic carbocycles. The van der Waals surface area contributed by atoms with Gasteiger partial charge in [0.05, 0.1) is 0 Å². The van der Waals surface area contributed by atoms with Crippen LogP contribution >= 0.6 is 0 Å². The Morgan fingerprint density at radius 3 is 2.32 bits per heavy atom. The fourth-order valence-electron chi connectivity index (χ4n) is 1.78. The number of aliphatic hydroxyl groups is 1. The van der Waals surface area contributed by atoms with Crippen LogP contribution in [0.15, 0.2) is 35.1 Å². The topological polar surface area (TPSA) is 20.2 Å². The SMILES string of the molecule is C[SiH](C)C1=[C-]CC=C1CCO.[C-]1=CC=CC1.[Cl-].[Cl-].[Zr+4]. The molecule has 0 bridgehead atoms. The van der Waals surface area contributed by atoms with Crippen LogP contribution in [-0.2, 0) is 26.2 Å². The summed E-state index contributed by atoms with van der Waals surface area (Å²) in [6.07, 6.45) is 17.4. The predicted octanol–water partition coefficient (Wildman–Crippen LogP) is -3.23. The van der Waals surface area contributed by atoms with Gasteiger partial charge in [0.25, 0.3) is 0 Å². The van der Waals surface area contributed by atoms with Crippen molar-refractivity contribution in [3.05, 3.63) is 47.2 Å². The largest absolute Gasteiger partial charge is 4.00 e. The summed E-state index contributed by atoms with van der Waals surface area (Å²) in [7, 11) is -0.686. The predicted molar refractivity (Wildman–Crippen MR) is 71.6 cm³/mol. The van der Waals surface area contributed by atoms with E-state index >= 15 is 0 Å². The van der Waals surface area contributed by atoms with E-state index in [9.17, 15) is 0 Å². The zero-order valence-electron chi connectivity index (χ0n) is 11.4. The molecular weight excluding hydrogens is 374 g/mol. The third kappa shape index (κ3) is 10.0.